The van der Waals surface area contributed by atoms with E-state index in [9.17, 15) is 4.79 Å². The fourth-order valence-electron chi connectivity index (χ4n) is 3.19. The summed E-state index contributed by atoms with van der Waals surface area (Å²) < 4.78 is 0. The van der Waals surface area contributed by atoms with E-state index in [-0.39, 0.29) is 5.91 Å². The van der Waals surface area contributed by atoms with Crippen molar-refractivity contribution in [1.29, 1.82) is 0 Å². The molecule has 0 spiro atoms. The number of benzene rings is 1. The van der Waals surface area contributed by atoms with Gasteiger partial charge in [0.1, 0.15) is 0 Å². The number of piperidine rings is 1. The second-order valence-corrected chi connectivity index (χ2v) is 8.73. The van der Waals surface area contributed by atoms with Crippen molar-refractivity contribution < 1.29 is 4.79 Å². The number of hydrogen-bond donors (Lipinski definition) is 1. The van der Waals surface area contributed by atoms with Crippen molar-refractivity contribution in [2.75, 3.05) is 26.2 Å². The minimum atomic E-state index is 0.0289. The van der Waals surface area contributed by atoms with Crippen LogP contribution in [-0.4, -0.2) is 42.0 Å². The van der Waals surface area contributed by atoms with Gasteiger partial charge in [0.2, 0.25) is 0 Å². The first-order valence-electron chi connectivity index (χ1n) is 9.36. The molecule has 0 radical (unpaired) electrons. The van der Waals surface area contributed by atoms with Crippen molar-refractivity contribution >= 4 is 29.0 Å². The van der Waals surface area contributed by atoms with Gasteiger partial charge in [-0.25, -0.2) is 4.98 Å². The molecule has 26 heavy (non-hydrogen) atoms. The van der Waals surface area contributed by atoms with E-state index in [1.165, 1.54) is 32.4 Å². The van der Waals surface area contributed by atoms with E-state index in [0.717, 1.165) is 46.4 Å². The molecular formula is C20H27N3OS2. The van der Waals surface area contributed by atoms with E-state index in [2.05, 4.69) is 20.6 Å². The van der Waals surface area contributed by atoms with Crippen LogP contribution in [0.1, 0.15) is 46.7 Å². The average Bonchev–Trinajstić information content (AvgIpc) is 3.10. The molecule has 6 heteroatoms. The number of likely N-dealkylation sites (tertiary alicyclic amines) is 1. The Morgan fingerprint density at radius 2 is 2.08 bits per heavy atom. The number of aryl methyl sites for hydroxylation is 1. The third-order valence-corrected chi connectivity index (χ3v) is 6.49. The van der Waals surface area contributed by atoms with Crippen LogP contribution < -0.4 is 5.32 Å². The minimum Gasteiger partial charge on any atom is -0.352 e. The van der Waals surface area contributed by atoms with Gasteiger partial charge < -0.3 is 10.2 Å². The Hall–Kier alpha value is -1.37. The van der Waals surface area contributed by atoms with Crippen LogP contribution >= 0.6 is 23.1 Å². The number of rotatable bonds is 8. The van der Waals surface area contributed by atoms with Gasteiger partial charge in [-0.1, -0.05) is 18.6 Å². The van der Waals surface area contributed by atoms with Gasteiger partial charge in [0, 0.05) is 22.6 Å². The van der Waals surface area contributed by atoms with E-state index in [4.69, 9.17) is 0 Å². The molecule has 3 rings (SSSR count). The predicted molar refractivity (Wildman–Crippen MR) is 110 cm³/mol. The van der Waals surface area contributed by atoms with Crippen molar-refractivity contribution in [3.05, 3.63) is 45.9 Å². The Kier molecular flexibility index (Phi) is 7.53. The number of thiazole rings is 1. The van der Waals surface area contributed by atoms with Crippen molar-refractivity contribution in [2.45, 2.75) is 43.3 Å². The summed E-state index contributed by atoms with van der Waals surface area (Å²) in [7, 11) is 0. The first-order chi connectivity index (χ1) is 12.7. The van der Waals surface area contributed by atoms with Crippen molar-refractivity contribution in [3.63, 3.8) is 0 Å². The van der Waals surface area contributed by atoms with Gasteiger partial charge in [-0.05, 0) is 58.0 Å². The van der Waals surface area contributed by atoms with Crippen molar-refractivity contribution in [1.82, 2.24) is 15.2 Å². The topological polar surface area (TPSA) is 45.2 Å². The molecule has 0 aliphatic carbocycles. The van der Waals surface area contributed by atoms with E-state index >= 15 is 0 Å². The van der Waals surface area contributed by atoms with Gasteiger partial charge in [-0.2, -0.15) is 0 Å². The summed E-state index contributed by atoms with van der Waals surface area (Å²) in [5, 5.41) is 6.26. The summed E-state index contributed by atoms with van der Waals surface area (Å²) in [6.07, 6.45) is 5.01. The SMILES string of the molecule is Cc1nc(CSc2ccccc2C(=O)NCCCN2CCCCC2)cs1. The van der Waals surface area contributed by atoms with Crippen LogP contribution in [-0.2, 0) is 5.75 Å². The van der Waals surface area contributed by atoms with Crippen LogP contribution in [0.25, 0.3) is 0 Å². The second-order valence-electron chi connectivity index (χ2n) is 6.65. The fourth-order valence-corrected chi connectivity index (χ4v) is 4.85. The lowest BCUT2D eigenvalue weighted by molar-refractivity contribution is 0.0948. The molecule has 1 fully saturated rings. The third-order valence-electron chi connectivity index (χ3n) is 4.56. The molecule has 1 aromatic heterocycles. The lowest BCUT2D eigenvalue weighted by atomic mass is 10.1. The number of hydrogen-bond acceptors (Lipinski definition) is 5. The van der Waals surface area contributed by atoms with E-state index in [1.54, 1.807) is 23.1 Å². The molecule has 1 aliphatic rings. The molecule has 1 N–H and O–H groups in total. The standard InChI is InChI=1S/C20H27N3OS2/c1-16-22-17(14-25-16)15-26-19-9-4-3-8-18(19)20(24)21-10-7-13-23-11-5-2-6-12-23/h3-4,8-9,14H,2,5-7,10-13,15H2,1H3,(H,21,24). The molecule has 1 amide bonds. The van der Waals surface area contributed by atoms with Gasteiger partial charge in [0.05, 0.1) is 16.3 Å². The maximum atomic E-state index is 12.6. The highest BCUT2D eigenvalue weighted by atomic mass is 32.2. The summed E-state index contributed by atoms with van der Waals surface area (Å²) in [4.78, 5) is 20.6. The highest BCUT2D eigenvalue weighted by Gasteiger charge is 2.13. The predicted octanol–water partition coefficient (Wildman–Crippen LogP) is 4.35. The zero-order valence-corrected chi connectivity index (χ0v) is 17.0. The highest BCUT2D eigenvalue weighted by molar-refractivity contribution is 7.98. The molecule has 1 aromatic carbocycles. The molecule has 0 saturated carbocycles. The number of carbonyl (C=O) groups is 1. The smallest absolute Gasteiger partial charge is 0.252 e. The Labute approximate surface area is 164 Å². The monoisotopic (exact) mass is 389 g/mol. The van der Waals surface area contributed by atoms with Gasteiger partial charge in [0.15, 0.2) is 0 Å². The van der Waals surface area contributed by atoms with Crippen LogP contribution in [0.4, 0.5) is 0 Å². The molecule has 0 atom stereocenters. The van der Waals surface area contributed by atoms with Crippen molar-refractivity contribution in [3.8, 4) is 0 Å². The number of carbonyl (C=O) groups excluding carboxylic acids is 1. The zero-order valence-electron chi connectivity index (χ0n) is 15.4. The zero-order chi connectivity index (χ0) is 18.2. The van der Waals surface area contributed by atoms with Gasteiger partial charge >= 0.3 is 0 Å². The molecule has 1 aliphatic heterocycles. The minimum absolute atomic E-state index is 0.0289. The van der Waals surface area contributed by atoms with Crippen LogP contribution in [0, 0.1) is 6.92 Å². The normalized spacial score (nSPS) is 15.1. The molecule has 0 bridgehead atoms. The lowest BCUT2D eigenvalue weighted by Crippen LogP contribution is -2.33. The van der Waals surface area contributed by atoms with Crippen LogP contribution in [0.15, 0.2) is 34.5 Å². The first-order valence-corrected chi connectivity index (χ1v) is 11.2. The van der Waals surface area contributed by atoms with Crippen LogP contribution in [0.2, 0.25) is 0 Å². The summed E-state index contributed by atoms with van der Waals surface area (Å²) in [5.41, 5.74) is 1.84. The lowest BCUT2D eigenvalue weighted by Gasteiger charge is -2.26. The van der Waals surface area contributed by atoms with Crippen LogP contribution in [0.5, 0.6) is 0 Å². The van der Waals surface area contributed by atoms with Crippen molar-refractivity contribution in [2.24, 2.45) is 0 Å². The average molecular weight is 390 g/mol. The Balaban J connectivity index is 1.47. The van der Waals surface area contributed by atoms with Gasteiger partial charge in [-0.3, -0.25) is 4.79 Å². The summed E-state index contributed by atoms with van der Waals surface area (Å²) in [5.74, 6) is 0.824. The van der Waals surface area contributed by atoms with Crippen LogP contribution in [0.3, 0.4) is 0 Å². The number of aromatic nitrogens is 1. The molecule has 2 aromatic rings. The largest absolute Gasteiger partial charge is 0.352 e. The molecule has 1 saturated heterocycles. The number of nitrogens with one attached hydrogen (secondary N) is 1. The van der Waals surface area contributed by atoms with Gasteiger partial charge in [-0.15, -0.1) is 23.1 Å². The molecule has 140 valence electrons. The third kappa shape index (κ3) is 5.83. The molecular weight excluding hydrogens is 362 g/mol. The number of nitrogens with zero attached hydrogens (tertiary/aromatic N) is 2. The molecule has 4 nitrogen and oxygen atoms in total. The quantitative estimate of drug-likeness (QED) is 0.538. The number of thioether (sulfide) groups is 1. The summed E-state index contributed by atoms with van der Waals surface area (Å²) >= 11 is 3.35. The molecule has 0 unspecified atom stereocenters. The maximum absolute atomic E-state index is 12.6. The summed E-state index contributed by atoms with van der Waals surface area (Å²) in [6, 6.07) is 7.85. The fraction of sp³-hybridized carbons (Fsp3) is 0.500. The van der Waals surface area contributed by atoms with E-state index in [0.29, 0.717) is 0 Å². The Morgan fingerprint density at radius 3 is 2.85 bits per heavy atom. The summed E-state index contributed by atoms with van der Waals surface area (Å²) in [6.45, 7) is 6.26. The van der Waals surface area contributed by atoms with E-state index in [1.807, 2.05) is 31.2 Å². The second kappa shape index (κ2) is 10.1. The Morgan fingerprint density at radius 1 is 1.27 bits per heavy atom. The maximum Gasteiger partial charge on any atom is 0.252 e. The number of amides is 1. The van der Waals surface area contributed by atoms with E-state index < -0.39 is 0 Å². The van der Waals surface area contributed by atoms with Gasteiger partial charge in [0.25, 0.3) is 5.91 Å². The highest BCUT2D eigenvalue weighted by Crippen LogP contribution is 2.26. The molecule has 2 heterocycles. The Bertz CT molecular complexity index is 711. The first kappa shape index (κ1) is 19.4.